The van der Waals surface area contributed by atoms with Gasteiger partial charge in [-0.3, -0.25) is 9.59 Å². The van der Waals surface area contributed by atoms with Crippen molar-refractivity contribution in [1.29, 1.82) is 0 Å². The summed E-state index contributed by atoms with van der Waals surface area (Å²) in [5.74, 6) is -0.691. The van der Waals surface area contributed by atoms with E-state index in [1.165, 1.54) is 12.1 Å². The third-order valence-corrected chi connectivity index (χ3v) is 6.48. The number of hydrogen-bond donors (Lipinski definition) is 1. The van der Waals surface area contributed by atoms with Gasteiger partial charge in [0.05, 0.1) is 0 Å². The number of Topliss-reactive ketones (excluding diaryl/α,β-unsaturated/α-hetero) is 1. The van der Waals surface area contributed by atoms with Crippen molar-refractivity contribution in [1.82, 2.24) is 4.98 Å². The largest absolute Gasteiger partial charge is 0.361 e. The average Bonchev–Trinajstić information content (AvgIpc) is 3.21. The molecule has 4 nitrogen and oxygen atoms in total. The lowest BCUT2D eigenvalue weighted by Gasteiger charge is -2.37. The summed E-state index contributed by atoms with van der Waals surface area (Å²) in [6.45, 7) is 0. The lowest BCUT2D eigenvalue weighted by molar-refractivity contribution is -0.133. The summed E-state index contributed by atoms with van der Waals surface area (Å²) >= 11 is 0. The molecule has 2 aromatic carbocycles. The van der Waals surface area contributed by atoms with Crippen molar-refractivity contribution in [2.24, 2.45) is 5.92 Å². The lowest BCUT2D eigenvalue weighted by atomic mass is 9.61. The van der Waals surface area contributed by atoms with Crippen LogP contribution in [0.2, 0.25) is 0 Å². The molecule has 1 amide bonds. The Morgan fingerprint density at radius 1 is 1.11 bits per heavy atom. The van der Waals surface area contributed by atoms with Crippen molar-refractivity contribution in [3.05, 3.63) is 65.6 Å². The van der Waals surface area contributed by atoms with Crippen LogP contribution in [0.4, 0.5) is 10.1 Å². The molecule has 0 saturated heterocycles. The van der Waals surface area contributed by atoms with Crippen LogP contribution in [0.15, 0.2) is 48.7 Å². The van der Waals surface area contributed by atoms with E-state index in [4.69, 9.17) is 0 Å². The molecule has 2 heterocycles. The van der Waals surface area contributed by atoms with Crippen molar-refractivity contribution in [3.63, 3.8) is 0 Å². The molecule has 1 fully saturated rings. The number of ketones is 1. The number of aromatic amines is 1. The number of rotatable bonds is 2. The highest BCUT2D eigenvalue weighted by Crippen LogP contribution is 2.54. The molecule has 2 atom stereocenters. The summed E-state index contributed by atoms with van der Waals surface area (Å²) in [5, 5.41) is 0.790. The highest BCUT2D eigenvalue weighted by atomic mass is 19.1. The second-order valence-electron chi connectivity index (χ2n) is 7.85. The molecule has 1 aliphatic heterocycles. The van der Waals surface area contributed by atoms with Crippen molar-refractivity contribution >= 4 is 28.3 Å². The standard InChI is InChI=1S/C23H21FN2O2/c1-26-20-8-4-2-6-16(20)23(22(26)28,17-7-3-5-9-21(17)27)18-13-25-19-12-14(24)10-11-15(18)19/h2,4,6,8,10-13,17,25H,3,5,7,9H2,1H3/t17-,23+/m0/s1. The first-order valence-electron chi connectivity index (χ1n) is 9.72. The Hall–Kier alpha value is -2.95. The van der Waals surface area contributed by atoms with E-state index in [9.17, 15) is 14.0 Å². The van der Waals surface area contributed by atoms with E-state index in [2.05, 4.69) is 4.98 Å². The van der Waals surface area contributed by atoms with E-state index >= 15 is 0 Å². The Morgan fingerprint density at radius 2 is 1.93 bits per heavy atom. The van der Waals surface area contributed by atoms with Crippen LogP contribution in [-0.4, -0.2) is 23.7 Å². The molecule has 142 valence electrons. The summed E-state index contributed by atoms with van der Waals surface area (Å²) in [7, 11) is 1.77. The number of nitrogens with one attached hydrogen (secondary N) is 1. The number of benzene rings is 2. The van der Waals surface area contributed by atoms with Crippen LogP contribution in [0, 0.1) is 11.7 Å². The van der Waals surface area contributed by atoms with Crippen LogP contribution >= 0.6 is 0 Å². The minimum absolute atomic E-state index is 0.0841. The number of halogens is 1. The Bertz CT molecular complexity index is 1120. The Morgan fingerprint density at radius 3 is 2.75 bits per heavy atom. The molecular formula is C23H21FN2O2. The van der Waals surface area contributed by atoms with E-state index in [0.717, 1.165) is 35.0 Å². The van der Waals surface area contributed by atoms with E-state index in [-0.39, 0.29) is 17.5 Å². The van der Waals surface area contributed by atoms with Crippen LogP contribution < -0.4 is 4.90 Å². The SMILES string of the molecule is CN1C(=O)[C@@](c2c[nH]c3cc(F)ccc23)([C@H]2CCCCC2=O)c2ccccc21. The first-order valence-corrected chi connectivity index (χ1v) is 9.72. The predicted octanol–water partition coefficient (Wildman–Crippen LogP) is 4.33. The van der Waals surface area contributed by atoms with Gasteiger partial charge in [-0.05, 0) is 48.2 Å². The van der Waals surface area contributed by atoms with E-state index in [1.807, 2.05) is 24.3 Å². The molecule has 1 saturated carbocycles. The summed E-state index contributed by atoms with van der Waals surface area (Å²) in [6.07, 6.45) is 4.77. The zero-order chi connectivity index (χ0) is 19.5. The van der Waals surface area contributed by atoms with Crippen molar-refractivity contribution in [3.8, 4) is 0 Å². The molecular weight excluding hydrogens is 355 g/mol. The van der Waals surface area contributed by atoms with E-state index < -0.39 is 11.3 Å². The number of amides is 1. The maximum Gasteiger partial charge on any atom is 0.242 e. The van der Waals surface area contributed by atoms with Gasteiger partial charge in [-0.2, -0.15) is 0 Å². The molecule has 1 N–H and O–H groups in total. The Balaban J connectivity index is 1.86. The van der Waals surface area contributed by atoms with Crippen LogP contribution in [0.1, 0.15) is 36.8 Å². The normalized spacial score (nSPS) is 24.8. The maximum absolute atomic E-state index is 13.8. The number of para-hydroxylation sites is 1. The van der Waals surface area contributed by atoms with Gasteiger partial charge in [0.15, 0.2) is 0 Å². The molecule has 2 aliphatic rings. The molecule has 5 heteroatoms. The minimum Gasteiger partial charge on any atom is -0.361 e. The van der Waals surface area contributed by atoms with Crippen LogP contribution in [-0.2, 0) is 15.0 Å². The van der Waals surface area contributed by atoms with Gasteiger partial charge in [0, 0.05) is 42.2 Å². The van der Waals surface area contributed by atoms with Gasteiger partial charge in [0.2, 0.25) is 5.91 Å². The van der Waals surface area contributed by atoms with Gasteiger partial charge in [0.25, 0.3) is 0 Å². The van der Waals surface area contributed by atoms with Gasteiger partial charge in [-0.15, -0.1) is 0 Å². The van der Waals surface area contributed by atoms with Gasteiger partial charge in [-0.1, -0.05) is 24.6 Å². The highest BCUT2D eigenvalue weighted by molar-refractivity contribution is 6.14. The maximum atomic E-state index is 13.8. The van der Waals surface area contributed by atoms with Crippen molar-refractivity contribution in [2.75, 3.05) is 11.9 Å². The van der Waals surface area contributed by atoms with Crippen molar-refractivity contribution in [2.45, 2.75) is 31.1 Å². The van der Waals surface area contributed by atoms with Gasteiger partial charge < -0.3 is 9.88 Å². The second-order valence-corrected chi connectivity index (χ2v) is 7.85. The summed E-state index contributed by atoms with van der Waals surface area (Å²) in [5.41, 5.74) is 2.04. The molecule has 1 aliphatic carbocycles. The second kappa shape index (κ2) is 6.03. The highest BCUT2D eigenvalue weighted by Gasteiger charge is 2.58. The number of fused-ring (bicyclic) bond motifs is 2. The Labute approximate surface area is 162 Å². The molecule has 0 unspecified atom stereocenters. The third-order valence-electron chi connectivity index (χ3n) is 6.48. The van der Waals surface area contributed by atoms with Crippen LogP contribution in [0.5, 0.6) is 0 Å². The smallest absolute Gasteiger partial charge is 0.242 e. The topological polar surface area (TPSA) is 53.2 Å². The van der Waals surface area contributed by atoms with E-state index in [1.54, 1.807) is 24.2 Å². The summed E-state index contributed by atoms with van der Waals surface area (Å²) < 4.78 is 13.8. The monoisotopic (exact) mass is 376 g/mol. The number of aromatic nitrogens is 1. The fourth-order valence-electron chi connectivity index (χ4n) is 5.24. The zero-order valence-electron chi connectivity index (χ0n) is 15.7. The number of hydrogen-bond acceptors (Lipinski definition) is 2. The molecule has 1 aromatic heterocycles. The zero-order valence-corrected chi connectivity index (χ0v) is 15.7. The van der Waals surface area contributed by atoms with Gasteiger partial charge in [0.1, 0.15) is 17.0 Å². The summed E-state index contributed by atoms with van der Waals surface area (Å²) in [6, 6.07) is 12.3. The van der Waals surface area contributed by atoms with Crippen LogP contribution in [0.3, 0.4) is 0 Å². The Kier molecular flexibility index (Phi) is 3.69. The first-order chi connectivity index (χ1) is 13.5. The van der Waals surface area contributed by atoms with Crippen LogP contribution in [0.25, 0.3) is 10.9 Å². The average molecular weight is 376 g/mol. The number of anilines is 1. The molecule has 5 rings (SSSR count). The van der Waals surface area contributed by atoms with Gasteiger partial charge in [-0.25, -0.2) is 4.39 Å². The molecule has 0 spiro atoms. The fraction of sp³-hybridized carbons (Fsp3) is 0.304. The number of H-pyrrole nitrogens is 1. The quantitative estimate of drug-likeness (QED) is 0.724. The summed E-state index contributed by atoms with van der Waals surface area (Å²) in [4.78, 5) is 31.7. The van der Waals surface area contributed by atoms with E-state index in [0.29, 0.717) is 18.4 Å². The minimum atomic E-state index is -1.07. The fourth-order valence-corrected chi connectivity index (χ4v) is 5.24. The van der Waals surface area contributed by atoms with Crippen molar-refractivity contribution < 1.29 is 14.0 Å². The number of likely N-dealkylation sites (N-methyl/N-ethyl adjacent to an activating group) is 1. The number of carbonyl (C=O) groups is 2. The molecule has 0 bridgehead atoms. The molecule has 3 aromatic rings. The lowest BCUT2D eigenvalue weighted by Crippen LogP contribution is -2.49. The molecule has 0 radical (unpaired) electrons. The number of nitrogens with zero attached hydrogens (tertiary/aromatic N) is 1. The molecule has 28 heavy (non-hydrogen) atoms. The predicted molar refractivity (Wildman–Crippen MR) is 106 cm³/mol. The van der Waals surface area contributed by atoms with Gasteiger partial charge >= 0.3 is 0 Å². The number of carbonyl (C=O) groups excluding carboxylic acids is 2. The first kappa shape index (κ1) is 17.2. The third kappa shape index (κ3) is 2.10.